The molecule has 0 saturated carbocycles. The summed E-state index contributed by atoms with van der Waals surface area (Å²) in [6.07, 6.45) is 3.28. The molecule has 2 N–H and O–H groups in total. The van der Waals surface area contributed by atoms with Gasteiger partial charge in [-0.1, -0.05) is 62.2 Å². The third-order valence-electron chi connectivity index (χ3n) is 8.30. The van der Waals surface area contributed by atoms with Crippen molar-refractivity contribution in [3.63, 3.8) is 0 Å². The number of cyclic esters (lactones) is 1. The van der Waals surface area contributed by atoms with Gasteiger partial charge in [-0.15, -0.1) is 0 Å². The number of ether oxygens (including phenoxy) is 5. The minimum absolute atomic E-state index is 0.151. The molecule has 8 heteroatoms. The highest BCUT2D eigenvalue weighted by Crippen LogP contribution is 2.42. The summed E-state index contributed by atoms with van der Waals surface area (Å²) in [5, 5.41) is 23.0. The largest absolute Gasteiger partial charge is 0.457 e. The van der Waals surface area contributed by atoms with E-state index in [0.717, 1.165) is 30.4 Å². The molecule has 2 aliphatic rings. The fourth-order valence-corrected chi connectivity index (χ4v) is 5.68. The van der Waals surface area contributed by atoms with Crippen LogP contribution in [0.3, 0.4) is 0 Å². The Morgan fingerprint density at radius 2 is 1.61 bits per heavy atom. The van der Waals surface area contributed by atoms with E-state index in [1.165, 1.54) is 7.11 Å². The van der Waals surface area contributed by atoms with Crippen LogP contribution in [0, 0.1) is 24.7 Å². The third-order valence-corrected chi connectivity index (χ3v) is 8.30. The predicted octanol–water partition coefficient (Wildman–Crippen LogP) is 4.11. The summed E-state index contributed by atoms with van der Waals surface area (Å²) in [6.45, 7) is 7.37. The van der Waals surface area contributed by atoms with Crippen LogP contribution < -0.4 is 0 Å². The zero-order chi connectivity index (χ0) is 28.0. The molecule has 10 atom stereocenters. The first-order valence-corrected chi connectivity index (χ1v) is 13.7. The lowest BCUT2D eigenvalue weighted by Gasteiger charge is -2.51. The van der Waals surface area contributed by atoms with Gasteiger partial charge in [-0.05, 0) is 38.7 Å². The Bertz CT molecular complexity index is 917. The number of benzene rings is 1. The van der Waals surface area contributed by atoms with Gasteiger partial charge >= 0.3 is 5.97 Å². The molecule has 214 valence electrons. The Morgan fingerprint density at radius 1 is 0.947 bits per heavy atom. The van der Waals surface area contributed by atoms with E-state index in [9.17, 15) is 15.0 Å². The van der Waals surface area contributed by atoms with Crippen LogP contribution in [-0.2, 0) is 28.5 Å². The fraction of sp³-hybridized carbons (Fsp3) is 0.700. The average Bonchev–Trinajstić information content (AvgIpc) is 2.90. The molecule has 0 spiro atoms. The van der Waals surface area contributed by atoms with Crippen LogP contribution in [0.2, 0.25) is 0 Å². The average molecular weight is 535 g/mol. The molecule has 2 aliphatic heterocycles. The number of rotatable bonds is 4. The highest BCUT2D eigenvalue weighted by atomic mass is 16.7. The van der Waals surface area contributed by atoms with E-state index in [2.05, 4.69) is 0 Å². The van der Waals surface area contributed by atoms with Crippen molar-refractivity contribution >= 4 is 5.97 Å². The lowest BCUT2D eigenvalue weighted by molar-refractivity contribution is -0.360. The second kappa shape index (κ2) is 13.5. The molecule has 0 aliphatic carbocycles. The minimum atomic E-state index is -2.09. The van der Waals surface area contributed by atoms with Gasteiger partial charge < -0.3 is 33.9 Å². The molecule has 0 radical (unpaired) electrons. The zero-order valence-corrected chi connectivity index (χ0v) is 23.8. The van der Waals surface area contributed by atoms with Crippen LogP contribution >= 0.6 is 0 Å². The van der Waals surface area contributed by atoms with E-state index in [-0.39, 0.29) is 24.0 Å². The van der Waals surface area contributed by atoms with Gasteiger partial charge in [-0.2, -0.15) is 0 Å². The summed E-state index contributed by atoms with van der Waals surface area (Å²) >= 11 is 0. The molecule has 0 unspecified atom stereocenters. The molecule has 1 aromatic carbocycles. The van der Waals surface area contributed by atoms with E-state index >= 15 is 0 Å². The maximum atomic E-state index is 13.5. The number of carbonyl (C=O) groups is 1. The molecule has 1 aromatic rings. The van der Waals surface area contributed by atoms with Crippen molar-refractivity contribution in [2.45, 2.75) is 95.8 Å². The van der Waals surface area contributed by atoms with Gasteiger partial charge in [0.25, 0.3) is 0 Å². The smallest absolute Gasteiger partial charge is 0.314 e. The Labute approximate surface area is 227 Å². The molecule has 2 heterocycles. The SMILES string of the molecule is CO[C@H]1CCCC[C@H](c2ccc(C)cc2)OC(=O)[C@@H](C)[C@@]2(O)O[C@H]([C@@H](C)[C@H](O)[C@H]2OC)[C@@H](C)/C=C/[C@H]1OC. The maximum absolute atomic E-state index is 13.5. The number of methoxy groups -OCH3 is 3. The molecular weight excluding hydrogens is 488 g/mol. The maximum Gasteiger partial charge on any atom is 0.314 e. The van der Waals surface area contributed by atoms with Crippen molar-refractivity contribution in [1.29, 1.82) is 0 Å². The fourth-order valence-electron chi connectivity index (χ4n) is 5.68. The van der Waals surface area contributed by atoms with Crippen molar-refractivity contribution in [2.24, 2.45) is 17.8 Å². The quantitative estimate of drug-likeness (QED) is 0.439. The van der Waals surface area contributed by atoms with Crippen LogP contribution in [0.5, 0.6) is 0 Å². The zero-order valence-electron chi connectivity index (χ0n) is 23.8. The van der Waals surface area contributed by atoms with Gasteiger partial charge in [0.15, 0.2) is 0 Å². The third kappa shape index (κ3) is 6.66. The van der Waals surface area contributed by atoms with E-state index in [1.54, 1.807) is 21.1 Å². The van der Waals surface area contributed by atoms with E-state index in [0.29, 0.717) is 6.42 Å². The van der Waals surface area contributed by atoms with Crippen molar-refractivity contribution in [1.82, 2.24) is 0 Å². The first-order chi connectivity index (χ1) is 18.1. The number of fused-ring (bicyclic) bond motifs is 2. The second-order valence-corrected chi connectivity index (χ2v) is 10.9. The predicted molar refractivity (Wildman–Crippen MR) is 143 cm³/mol. The molecule has 1 saturated heterocycles. The topological polar surface area (TPSA) is 104 Å². The van der Waals surface area contributed by atoms with Gasteiger partial charge in [0.2, 0.25) is 5.79 Å². The van der Waals surface area contributed by atoms with Crippen LogP contribution in [0.1, 0.15) is 63.7 Å². The highest BCUT2D eigenvalue weighted by Gasteiger charge is 2.58. The van der Waals surface area contributed by atoms with Crippen molar-refractivity contribution in [2.75, 3.05) is 21.3 Å². The summed E-state index contributed by atoms with van der Waals surface area (Å²) in [5.41, 5.74) is 2.00. The van der Waals surface area contributed by atoms with Crippen LogP contribution in [0.15, 0.2) is 36.4 Å². The minimum Gasteiger partial charge on any atom is -0.457 e. The summed E-state index contributed by atoms with van der Waals surface area (Å²) < 4.78 is 29.4. The summed E-state index contributed by atoms with van der Waals surface area (Å²) in [4.78, 5) is 13.5. The van der Waals surface area contributed by atoms with Crippen LogP contribution in [0.4, 0.5) is 0 Å². The molecule has 38 heavy (non-hydrogen) atoms. The van der Waals surface area contributed by atoms with Crippen molar-refractivity contribution in [3.8, 4) is 0 Å². The monoisotopic (exact) mass is 534 g/mol. The number of aliphatic hydroxyl groups excluding tert-OH is 1. The number of aryl methyl sites for hydroxylation is 1. The van der Waals surface area contributed by atoms with Gasteiger partial charge in [0, 0.05) is 33.2 Å². The van der Waals surface area contributed by atoms with Crippen molar-refractivity contribution in [3.05, 3.63) is 47.5 Å². The molecule has 1 fully saturated rings. The van der Waals surface area contributed by atoms with Gasteiger partial charge in [-0.3, -0.25) is 4.79 Å². The molecule has 8 nitrogen and oxygen atoms in total. The summed E-state index contributed by atoms with van der Waals surface area (Å²) in [6, 6.07) is 7.91. The highest BCUT2D eigenvalue weighted by molar-refractivity contribution is 5.73. The number of esters is 1. The van der Waals surface area contributed by atoms with Crippen molar-refractivity contribution < 1.29 is 38.7 Å². The number of carbonyl (C=O) groups excluding carboxylic acids is 1. The van der Waals surface area contributed by atoms with E-state index in [4.69, 9.17) is 23.7 Å². The molecular formula is C30H46O8. The Kier molecular flexibility index (Phi) is 10.9. The normalized spacial score (nSPS) is 40.3. The van der Waals surface area contributed by atoms with Gasteiger partial charge in [0.1, 0.15) is 24.2 Å². The molecule has 3 rings (SSSR count). The lowest BCUT2D eigenvalue weighted by atomic mass is 9.78. The standard InChI is InChI=1S/C30H46O8/c1-18-12-15-22(16-13-18)23-10-8-9-11-24(34-5)25(35-6)17-14-19(2)27-20(3)26(31)28(36-7)30(33,38-27)21(4)29(32)37-23/h12-17,19-21,23-28,31,33H,8-11H2,1-7H3/b17-14+/t19-,20-,21+,23+,24-,25+,26-,27-,28+,30+/m0/s1. The number of aliphatic hydroxyl groups is 2. The number of hydrogen-bond donors (Lipinski definition) is 2. The Balaban J connectivity index is 2.01. The molecule has 0 amide bonds. The Hall–Kier alpha value is -1.81. The van der Waals surface area contributed by atoms with Crippen LogP contribution in [0.25, 0.3) is 0 Å². The molecule has 0 aromatic heterocycles. The first kappa shape index (κ1) is 30.7. The Morgan fingerprint density at radius 3 is 2.21 bits per heavy atom. The van der Waals surface area contributed by atoms with E-state index < -0.39 is 42.1 Å². The van der Waals surface area contributed by atoms with Gasteiger partial charge in [-0.25, -0.2) is 0 Å². The van der Waals surface area contributed by atoms with Gasteiger partial charge in [0.05, 0.1) is 18.3 Å². The number of hydrogen-bond acceptors (Lipinski definition) is 8. The summed E-state index contributed by atoms with van der Waals surface area (Å²) in [5.74, 6) is -4.39. The second-order valence-electron chi connectivity index (χ2n) is 10.9. The lowest BCUT2D eigenvalue weighted by Crippen LogP contribution is -2.66. The summed E-state index contributed by atoms with van der Waals surface area (Å²) in [7, 11) is 4.73. The molecule has 2 bridgehead atoms. The first-order valence-electron chi connectivity index (χ1n) is 13.7. The van der Waals surface area contributed by atoms with Crippen LogP contribution in [-0.4, -0.2) is 73.8 Å². The van der Waals surface area contributed by atoms with E-state index in [1.807, 2.05) is 57.2 Å².